The molecular formula is C11H24. The second-order valence-electron chi connectivity index (χ2n) is 5.25. The molecule has 0 heteroatoms. The molecule has 0 unspecified atom stereocenters. The molecule has 0 bridgehead atoms. The summed E-state index contributed by atoms with van der Waals surface area (Å²) in [5, 5.41) is 0. The zero-order chi connectivity index (χ0) is 14.5. The van der Waals surface area contributed by atoms with E-state index in [1.807, 2.05) is 0 Å². The summed E-state index contributed by atoms with van der Waals surface area (Å²) < 4.78 is 46.7. The fraction of sp³-hybridized carbons (Fsp3) is 1.00. The number of rotatable bonds is 0. The Hall–Kier alpha value is 0. The summed E-state index contributed by atoms with van der Waals surface area (Å²) in [7, 11) is 0. The van der Waals surface area contributed by atoms with Gasteiger partial charge in [0.15, 0.2) is 0 Å². The number of hydrogen-bond donors (Lipinski definition) is 0. The first-order valence-corrected chi connectivity index (χ1v) is 4.00. The minimum atomic E-state index is -2.55. The monoisotopic (exact) mass is 162 g/mol. The van der Waals surface area contributed by atoms with Crippen LogP contribution in [0.5, 0.6) is 0 Å². The molecule has 0 aliphatic rings. The Bertz CT molecular complexity index is 209. The smallest absolute Gasteiger partial charge is 0.0236 e. The van der Waals surface area contributed by atoms with Gasteiger partial charge in [0.2, 0.25) is 0 Å². The van der Waals surface area contributed by atoms with Crippen molar-refractivity contribution < 1.29 is 8.22 Å². The molecule has 0 aliphatic carbocycles. The third-order valence-corrected chi connectivity index (χ3v) is 2.25. The normalized spacial score (nSPS) is 25.6. The summed E-state index contributed by atoms with van der Waals surface area (Å²) in [5.41, 5.74) is -3.47. The van der Waals surface area contributed by atoms with Crippen molar-refractivity contribution in [2.24, 2.45) is 16.2 Å². The molecule has 0 N–H and O–H groups in total. The third kappa shape index (κ3) is 1.98. The van der Waals surface area contributed by atoms with Crippen molar-refractivity contribution in [2.45, 2.75) is 55.2 Å². The first-order chi connectivity index (χ1) is 7.00. The van der Waals surface area contributed by atoms with Gasteiger partial charge in [0.1, 0.15) is 0 Å². The van der Waals surface area contributed by atoms with E-state index >= 15 is 0 Å². The van der Waals surface area contributed by atoms with Crippen LogP contribution >= 0.6 is 0 Å². The van der Waals surface area contributed by atoms with E-state index in [-0.39, 0.29) is 0 Å². The van der Waals surface area contributed by atoms with Crippen LogP contribution in [0.2, 0.25) is 0 Å². The van der Waals surface area contributed by atoms with Gasteiger partial charge in [0.25, 0.3) is 0 Å². The summed E-state index contributed by atoms with van der Waals surface area (Å²) in [6, 6.07) is 0. The minimum absolute atomic E-state index is 0.859. The van der Waals surface area contributed by atoms with E-state index in [4.69, 9.17) is 8.22 Å². The first-order valence-electron chi connectivity index (χ1n) is 7.00. The molecule has 0 spiro atoms. The molecule has 0 saturated heterocycles. The van der Waals surface area contributed by atoms with Gasteiger partial charge in [-0.3, -0.25) is 0 Å². The van der Waals surface area contributed by atoms with Crippen molar-refractivity contribution >= 4 is 0 Å². The van der Waals surface area contributed by atoms with E-state index in [0.29, 0.717) is 0 Å². The number of hydrogen-bond acceptors (Lipinski definition) is 0. The van der Waals surface area contributed by atoms with Crippen molar-refractivity contribution in [1.29, 1.82) is 0 Å². The summed E-state index contributed by atoms with van der Waals surface area (Å²) in [6.45, 7) is 5.06. The van der Waals surface area contributed by atoms with Gasteiger partial charge in [-0.25, -0.2) is 0 Å². The molecule has 0 aromatic rings. The van der Waals surface area contributed by atoms with Crippen LogP contribution in [-0.4, -0.2) is 0 Å². The van der Waals surface area contributed by atoms with Gasteiger partial charge in [-0.2, -0.15) is 0 Å². The van der Waals surface area contributed by atoms with Crippen molar-refractivity contribution in [3.05, 3.63) is 0 Å². The molecular weight excluding hydrogens is 132 g/mol. The van der Waals surface area contributed by atoms with E-state index in [0.717, 1.165) is 0 Å². The van der Waals surface area contributed by atoms with Crippen LogP contribution in [0.15, 0.2) is 0 Å². The molecule has 0 aliphatic heterocycles. The van der Waals surface area contributed by atoms with E-state index in [1.165, 1.54) is 0 Å². The van der Waals surface area contributed by atoms with Gasteiger partial charge in [-0.15, -0.1) is 0 Å². The molecule has 0 amide bonds. The van der Waals surface area contributed by atoms with E-state index in [9.17, 15) is 0 Å². The Morgan fingerprint density at radius 1 is 0.727 bits per heavy atom. The molecule has 0 aromatic heterocycles. The van der Waals surface area contributed by atoms with Crippen LogP contribution in [0.25, 0.3) is 0 Å². The SMILES string of the molecule is [2H]C([2H])([2H])C(C([2H])([2H])[2H])(C(C)(C)C)C(C)(C)C. The topological polar surface area (TPSA) is 0 Å². The summed E-state index contributed by atoms with van der Waals surface area (Å²) in [6.07, 6.45) is 0. The van der Waals surface area contributed by atoms with E-state index < -0.39 is 29.9 Å². The second-order valence-corrected chi connectivity index (χ2v) is 5.25. The van der Waals surface area contributed by atoms with Gasteiger partial charge in [-0.1, -0.05) is 55.2 Å². The highest BCUT2D eigenvalue weighted by molar-refractivity contribution is 4.91. The lowest BCUT2D eigenvalue weighted by Crippen LogP contribution is -2.41. The van der Waals surface area contributed by atoms with Crippen molar-refractivity contribution in [2.75, 3.05) is 0 Å². The van der Waals surface area contributed by atoms with Gasteiger partial charge in [-0.05, 0) is 16.2 Å². The van der Waals surface area contributed by atoms with Crippen LogP contribution in [0, 0.1) is 16.2 Å². The third-order valence-electron chi connectivity index (χ3n) is 2.25. The molecule has 0 radical (unpaired) electrons. The summed E-state index contributed by atoms with van der Waals surface area (Å²) >= 11 is 0. The highest BCUT2D eigenvalue weighted by Crippen LogP contribution is 2.50. The van der Waals surface area contributed by atoms with Crippen LogP contribution in [0.4, 0.5) is 0 Å². The largest absolute Gasteiger partial charge is 0.0596 e. The van der Waals surface area contributed by atoms with Crippen LogP contribution in [0.3, 0.4) is 0 Å². The molecule has 0 saturated carbocycles. The van der Waals surface area contributed by atoms with Crippen LogP contribution in [-0.2, 0) is 0 Å². The first kappa shape index (κ1) is 4.30. The van der Waals surface area contributed by atoms with Gasteiger partial charge < -0.3 is 0 Å². The predicted molar refractivity (Wildman–Crippen MR) is 52.7 cm³/mol. The minimum Gasteiger partial charge on any atom is -0.0596 e. The molecule has 0 nitrogen and oxygen atoms in total. The second kappa shape index (κ2) is 2.50. The summed E-state index contributed by atoms with van der Waals surface area (Å²) in [5.74, 6) is 0. The average molecular weight is 162 g/mol. The maximum Gasteiger partial charge on any atom is 0.0236 e. The Morgan fingerprint density at radius 3 is 1.00 bits per heavy atom. The van der Waals surface area contributed by atoms with Gasteiger partial charge >= 0.3 is 0 Å². The Morgan fingerprint density at radius 2 is 1.00 bits per heavy atom. The molecule has 0 atom stereocenters. The Kier molecular flexibility index (Phi) is 0.977. The highest BCUT2D eigenvalue weighted by atomic mass is 14.5. The molecule has 11 heavy (non-hydrogen) atoms. The standard InChI is InChI=1S/C11H24/c1-9(2,3)11(7,8)10(4,5)6/h1-8H3/i7D3,8D3. The van der Waals surface area contributed by atoms with E-state index in [1.54, 1.807) is 41.5 Å². The fourth-order valence-electron chi connectivity index (χ4n) is 1.12. The zero-order valence-electron chi connectivity index (χ0n) is 14.5. The molecule has 68 valence electrons. The maximum absolute atomic E-state index is 7.78. The average Bonchev–Trinajstić information content (AvgIpc) is 1.67. The van der Waals surface area contributed by atoms with Gasteiger partial charge in [0, 0.05) is 8.22 Å². The highest BCUT2D eigenvalue weighted by Gasteiger charge is 2.42. The Balaban J connectivity index is 6.37. The molecule has 0 heterocycles. The fourth-order valence-corrected chi connectivity index (χ4v) is 1.12. The van der Waals surface area contributed by atoms with Crippen molar-refractivity contribution in [1.82, 2.24) is 0 Å². The molecule has 0 aromatic carbocycles. The lowest BCUT2D eigenvalue weighted by Gasteiger charge is -2.49. The predicted octanol–water partition coefficient (Wildman–Crippen LogP) is 4.10. The van der Waals surface area contributed by atoms with Crippen molar-refractivity contribution in [3.63, 3.8) is 0 Å². The Labute approximate surface area is 80.8 Å². The van der Waals surface area contributed by atoms with Crippen LogP contribution in [0.1, 0.15) is 63.5 Å². The van der Waals surface area contributed by atoms with Crippen molar-refractivity contribution in [3.8, 4) is 0 Å². The lowest BCUT2D eigenvalue weighted by molar-refractivity contribution is 0.00575. The molecule has 0 fully saturated rings. The lowest BCUT2D eigenvalue weighted by atomic mass is 9.56. The molecule has 0 rings (SSSR count). The zero-order valence-corrected chi connectivity index (χ0v) is 8.50. The maximum atomic E-state index is 7.78. The van der Waals surface area contributed by atoms with E-state index in [2.05, 4.69) is 0 Å². The quantitative estimate of drug-likeness (QED) is 0.503. The van der Waals surface area contributed by atoms with Gasteiger partial charge in [0.05, 0.1) is 0 Å². The summed E-state index contributed by atoms with van der Waals surface area (Å²) in [4.78, 5) is 0. The van der Waals surface area contributed by atoms with Crippen LogP contribution < -0.4 is 0 Å².